The van der Waals surface area contributed by atoms with Gasteiger partial charge >= 0.3 is 0 Å². The van der Waals surface area contributed by atoms with Crippen LogP contribution in [0.4, 0.5) is 0 Å². The first kappa shape index (κ1) is 11.6. The van der Waals surface area contributed by atoms with Crippen LogP contribution in [0.25, 0.3) is 0 Å². The van der Waals surface area contributed by atoms with Crippen LogP contribution in [0.3, 0.4) is 0 Å². The van der Waals surface area contributed by atoms with Crippen LogP contribution in [-0.4, -0.2) is 29.2 Å². The van der Waals surface area contributed by atoms with Crippen molar-refractivity contribution >= 4 is 0 Å². The molecule has 0 saturated carbocycles. The van der Waals surface area contributed by atoms with Gasteiger partial charge in [-0.25, -0.2) is 4.98 Å². The van der Waals surface area contributed by atoms with E-state index in [1.807, 2.05) is 12.5 Å². The molecule has 4 nitrogen and oxygen atoms in total. The van der Waals surface area contributed by atoms with Crippen LogP contribution in [0.1, 0.15) is 25.5 Å². The van der Waals surface area contributed by atoms with Crippen molar-refractivity contribution in [3.63, 3.8) is 0 Å². The van der Waals surface area contributed by atoms with Crippen molar-refractivity contribution in [1.82, 2.24) is 14.9 Å². The topological polar surface area (TPSA) is 39.1 Å². The minimum Gasteiger partial charge on any atom is -0.375 e. The number of rotatable bonds is 6. The molecular formula is C12H21N3O. The van der Waals surface area contributed by atoms with Gasteiger partial charge in [0, 0.05) is 13.2 Å². The Labute approximate surface area is 97.0 Å². The Morgan fingerprint density at radius 3 is 3.31 bits per heavy atom. The number of aromatic nitrogens is 2. The molecule has 4 heteroatoms. The lowest BCUT2D eigenvalue weighted by Gasteiger charge is -2.09. The number of nitrogens with zero attached hydrogens (tertiary/aromatic N) is 2. The van der Waals surface area contributed by atoms with E-state index in [1.165, 1.54) is 25.1 Å². The summed E-state index contributed by atoms with van der Waals surface area (Å²) >= 11 is 0. The maximum Gasteiger partial charge on any atom is 0.0948 e. The van der Waals surface area contributed by atoms with Gasteiger partial charge in [0.2, 0.25) is 0 Å². The molecule has 0 aromatic carbocycles. The van der Waals surface area contributed by atoms with Crippen LogP contribution in [0.5, 0.6) is 0 Å². The highest BCUT2D eigenvalue weighted by atomic mass is 16.5. The Balaban J connectivity index is 1.64. The molecule has 90 valence electrons. The summed E-state index contributed by atoms with van der Waals surface area (Å²) in [5.74, 6) is 0.816. The zero-order valence-corrected chi connectivity index (χ0v) is 9.98. The van der Waals surface area contributed by atoms with E-state index in [4.69, 9.17) is 4.74 Å². The van der Waals surface area contributed by atoms with Gasteiger partial charge in [0.25, 0.3) is 0 Å². The number of ether oxygens (including phenoxy) is 1. The molecule has 0 amide bonds. The van der Waals surface area contributed by atoms with Crippen molar-refractivity contribution in [3.05, 3.63) is 18.2 Å². The molecule has 1 fully saturated rings. The standard InChI is InChI=1S/C12H21N3O/c1-2-15-10-14-8-12(15)9-16-6-4-11-3-5-13-7-11/h8,10-11,13H,2-7,9H2,1H3. The number of hydrogen-bond donors (Lipinski definition) is 1. The van der Waals surface area contributed by atoms with Gasteiger partial charge in [0.1, 0.15) is 0 Å². The molecule has 0 spiro atoms. The fourth-order valence-corrected chi connectivity index (χ4v) is 2.14. The van der Waals surface area contributed by atoms with E-state index in [0.29, 0.717) is 6.61 Å². The highest BCUT2D eigenvalue weighted by Gasteiger charge is 2.13. The number of nitrogens with one attached hydrogen (secondary N) is 1. The predicted molar refractivity (Wildman–Crippen MR) is 63.2 cm³/mol. The van der Waals surface area contributed by atoms with Crippen LogP contribution in [-0.2, 0) is 17.9 Å². The van der Waals surface area contributed by atoms with E-state index in [9.17, 15) is 0 Å². The van der Waals surface area contributed by atoms with E-state index < -0.39 is 0 Å². The van der Waals surface area contributed by atoms with Gasteiger partial charge in [0.05, 0.1) is 24.8 Å². The smallest absolute Gasteiger partial charge is 0.0948 e. The second-order valence-corrected chi connectivity index (χ2v) is 4.37. The maximum atomic E-state index is 5.69. The highest BCUT2D eigenvalue weighted by Crippen LogP contribution is 2.12. The number of hydrogen-bond acceptors (Lipinski definition) is 3. The van der Waals surface area contributed by atoms with Gasteiger partial charge in [0.15, 0.2) is 0 Å². The Morgan fingerprint density at radius 2 is 2.56 bits per heavy atom. The van der Waals surface area contributed by atoms with Gasteiger partial charge in [-0.1, -0.05) is 0 Å². The van der Waals surface area contributed by atoms with Crippen molar-refractivity contribution in [3.8, 4) is 0 Å². The number of imidazole rings is 1. The van der Waals surface area contributed by atoms with E-state index in [-0.39, 0.29) is 0 Å². The SMILES string of the molecule is CCn1cncc1COCCC1CCNC1. The predicted octanol–water partition coefficient (Wildman–Crippen LogP) is 1.42. The summed E-state index contributed by atoms with van der Waals surface area (Å²) in [7, 11) is 0. The fraction of sp³-hybridized carbons (Fsp3) is 0.750. The zero-order valence-electron chi connectivity index (χ0n) is 9.98. The number of aryl methyl sites for hydroxylation is 1. The molecule has 1 aliphatic rings. The van der Waals surface area contributed by atoms with Gasteiger partial charge in [-0.2, -0.15) is 0 Å². The van der Waals surface area contributed by atoms with E-state index in [2.05, 4.69) is 21.8 Å². The Morgan fingerprint density at radius 1 is 1.62 bits per heavy atom. The monoisotopic (exact) mass is 223 g/mol. The van der Waals surface area contributed by atoms with Crippen LogP contribution >= 0.6 is 0 Å². The summed E-state index contributed by atoms with van der Waals surface area (Å²) in [6.07, 6.45) is 6.23. The van der Waals surface area contributed by atoms with Crippen LogP contribution in [0, 0.1) is 5.92 Å². The first-order valence-corrected chi connectivity index (χ1v) is 6.17. The van der Waals surface area contributed by atoms with Gasteiger partial charge in [-0.05, 0) is 38.8 Å². The third-order valence-electron chi connectivity index (χ3n) is 3.22. The largest absolute Gasteiger partial charge is 0.375 e. The lowest BCUT2D eigenvalue weighted by molar-refractivity contribution is 0.104. The Hall–Kier alpha value is -0.870. The minimum absolute atomic E-state index is 0.688. The molecule has 0 aliphatic carbocycles. The normalized spacial score (nSPS) is 20.4. The van der Waals surface area contributed by atoms with Crippen molar-refractivity contribution in [2.75, 3.05) is 19.7 Å². The maximum absolute atomic E-state index is 5.69. The first-order chi connectivity index (χ1) is 7.90. The van der Waals surface area contributed by atoms with Crippen molar-refractivity contribution < 1.29 is 4.74 Å². The summed E-state index contributed by atoms with van der Waals surface area (Å²) < 4.78 is 7.82. The molecule has 0 radical (unpaired) electrons. The lowest BCUT2D eigenvalue weighted by atomic mass is 10.1. The molecule has 1 saturated heterocycles. The molecule has 1 atom stereocenters. The lowest BCUT2D eigenvalue weighted by Crippen LogP contribution is -2.11. The zero-order chi connectivity index (χ0) is 11.2. The Bertz CT molecular complexity index is 305. The molecule has 16 heavy (non-hydrogen) atoms. The molecule has 1 N–H and O–H groups in total. The molecule has 2 rings (SSSR count). The van der Waals surface area contributed by atoms with Gasteiger partial charge in [-0.3, -0.25) is 0 Å². The van der Waals surface area contributed by atoms with Crippen LogP contribution in [0.2, 0.25) is 0 Å². The third-order valence-corrected chi connectivity index (χ3v) is 3.22. The molecular weight excluding hydrogens is 202 g/mol. The first-order valence-electron chi connectivity index (χ1n) is 6.17. The second kappa shape index (κ2) is 6.01. The average molecular weight is 223 g/mol. The molecule has 1 aliphatic heterocycles. The van der Waals surface area contributed by atoms with Gasteiger partial charge in [-0.15, -0.1) is 0 Å². The third kappa shape index (κ3) is 3.06. The quantitative estimate of drug-likeness (QED) is 0.741. The molecule has 1 unspecified atom stereocenters. The van der Waals surface area contributed by atoms with Gasteiger partial charge < -0.3 is 14.6 Å². The summed E-state index contributed by atoms with van der Waals surface area (Å²) in [4.78, 5) is 4.12. The highest BCUT2D eigenvalue weighted by molar-refractivity contribution is 4.95. The summed E-state index contributed by atoms with van der Waals surface area (Å²) in [6.45, 7) is 6.97. The summed E-state index contributed by atoms with van der Waals surface area (Å²) in [5.41, 5.74) is 1.17. The summed E-state index contributed by atoms with van der Waals surface area (Å²) in [6, 6.07) is 0. The fourth-order valence-electron chi connectivity index (χ4n) is 2.14. The van der Waals surface area contributed by atoms with Crippen molar-refractivity contribution in [2.24, 2.45) is 5.92 Å². The molecule has 1 aromatic heterocycles. The average Bonchev–Trinajstić information content (AvgIpc) is 2.95. The van der Waals surface area contributed by atoms with Crippen LogP contribution in [0.15, 0.2) is 12.5 Å². The molecule has 0 bridgehead atoms. The molecule has 2 heterocycles. The second-order valence-electron chi connectivity index (χ2n) is 4.37. The van der Waals surface area contributed by atoms with E-state index in [1.54, 1.807) is 0 Å². The Kier molecular flexibility index (Phi) is 4.36. The summed E-state index contributed by atoms with van der Waals surface area (Å²) in [5, 5.41) is 3.38. The molecule has 1 aromatic rings. The minimum atomic E-state index is 0.688. The van der Waals surface area contributed by atoms with E-state index in [0.717, 1.165) is 25.6 Å². The van der Waals surface area contributed by atoms with E-state index >= 15 is 0 Å². The van der Waals surface area contributed by atoms with Crippen LogP contribution < -0.4 is 5.32 Å². The van der Waals surface area contributed by atoms with Crippen molar-refractivity contribution in [1.29, 1.82) is 0 Å². The van der Waals surface area contributed by atoms with Crippen molar-refractivity contribution in [2.45, 2.75) is 32.9 Å².